The maximum absolute atomic E-state index is 11.9. The van der Waals surface area contributed by atoms with Gasteiger partial charge in [0.25, 0.3) is 0 Å². The number of nitrogen functional groups attached to an aromatic ring is 1. The Bertz CT molecular complexity index is 2010. The van der Waals surface area contributed by atoms with Crippen LogP contribution in [-0.2, 0) is 28.5 Å². The zero-order valence-corrected chi connectivity index (χ0v) is 40.3. The SMILES string of the molecule is C.CCOC(=O)CC(=Nc1cccc(OC)c1Br)OCC.CCOC(=[NH2+])CC(=O)OCC.CCOc1cc(=O)c2ccc(OC)c(Br)c2[nH]1.COc1cccc(N)c1Br.[B].[Cl-]. The molecule has 3 radical (unpaired) electrons. The number of hydrogen-bond acceptors (Lipinski definition) is 13. The fourth-order valence-electron chi connectivity index (χ4n) is 4.41. The molecule has 4 aromatic rings. The number of ether oxygens (including phenoxy) is 8. The van der Waals surface area contributed by atoms with E-state index in [0.717, 1.165) is 14.7 Å². The van der Waals surface area contributed by atoms with E-state index in [0.29, 0.717) is 83.1 Å². The van der Waals surface area contributed by atoms with Crippen LogP contribution in [0.25, 0.3) is 10.9 Å². The van der Waals surface area contributed by atoms with Gasteiger partial charge in [0.15, 0.2) is 23.6 Å². The summed E-state index contributed by atoms with van der Waals surface area (Å²) in [6, 6.07) is 15.9. The number of nitrogens with two attached hydrogens (primary N) is 2. The fourth-order valence-corrected chi connectivity index (χ4v) is 5.96. The molecule has 1 heterocycles. The van der Waals surface area contributed by atoms with Gasteiger partial charge in [-0.2, -0.15) is 0 Å². The standard InChI is InChI=1S/C14H18BrNO4.C12H12BrNO3.C7H8BrNO.C7H13NO3.CH4.B.ClH/c1-4-19-12(9-13(17)20-5-2)16-10-7-6-8-11(18-3)14(10)15;1-3-17-10-6-8(15)7-4-5-9(16-2)11(13)12(7)14-10;1-10-6-4-2-3-5(9)7(6)8;1-3-10-6(8)5-7(9)11-4-2;;;/h6-8H,4-5,9H2,1-3H3;4-6H,3H2,1-2H3,(H,14,15);2-4H,9H2,1H3;8H,3-5H2,1-2H3;1H4;;1H. The van der Waals surface area contributed by atoms with E-state index in [1.807, 2.05) is 44.2 Å². The number of aliphatic imine (C=N–C) groups is 1. The van der Waals surface area contributed by atoms with Crippen LogP contribution >= 0.6 is 47.8 Å². The van der Waals surface area contributed by atoms with Crippen LogP contribution in [0.4, 0.5) is 11.4 Å². The Morgan fingerprint density at radius 1 is 0.705 bits per heavy atom. The molecule has 15 nitrogen and oxygen atoms in total. The summed E-state index contributed by atoms with van der Waals surface area (Å²) in [6.45, 7) is 11.1. The second-order valence-electron chi connectivity index (χ2n) is 10.9. The zero-order valence-electron chi connectivity index (χ0n) is 34.8. The molecule has 20 heteroatoms. The second kappa shape index (κ2) is 34.2. The number of rotatable bonds is 14. The van der Waals surface area contributed by atoms with E-state index in [1.165, 1.54) is 6.07 Å². The van der Waals surface area contributed by atoms with Gasteiger partial charge in [-0.25, -0.2) is 10.4 Å². The van der Waals surface area contributed by atoms with Gasteiger partial charge >= 0.3 is 17.8 Å². The molecule has 5 N–H and O–H groups in total. The third kappa shape index (κ3) is 21.8. The largest absolute Gasteiger partial charge is 1.00 e. The molecule has 0 aliphatic carbocycles. The van der Waals surface area contributed by atoms with Gasteiger partial charge in [0.1, 0.15) is 23.7 Å². The number of H-pyrrole nitrogens is 1. The van der Waals surface area contributed by atoms with E-state index in [4.69, 9.17) is 44.3 Å². The highest BCUT2D eigenvalue weighted by molar-refractivity contribution is 9.11. The highest BCUT2D eigenvalue weighted by atomic mass is 79.9. The molecule has 0 unspecified atom stereocenters. The number of anilines is 1. The topological polar surface area (TPSA) is 205 Å². The Morgan fingerprint density at radius 2 is 1.21 bits per heavy atom. The van der Waals surface area contributed by atoms with Crippen LogP contribution in [0.2, 0.25) is 0 Å². The van der Waals surface area contributed by atoms with E-state index in [9.17, 15) is 14.4 Å². The molecular weight excluding hydrogens is 1010 g/mol. The van der Waals surface area contributed by atoms with Crippen molar-refractivity contribution in [2.24, 2.45) is 4.99 Å². The lowest BCUT2D eigenvalue weighted by molar-refractivity contribution is -0.154. The van der Waals surface area contributed by atoms with Crippen molar-refractivity contribution in [3.63, 3.8) is 0 Å². The fraction of sp³-hybridized carbons (Fsp3) is 0.390. The highest BCUT2D eigenvalue weighted by Crippen LogP contribution is 2.35. The van der Waals surface area contributed by atoms with Gasteiger partial charge in [-0.1, -0.05) is 19.6 Å². The molecule has 337 valence electrons. The number of carbonyl (C=O) groups is 2. The monoisotopic (exact) mass is 1060 g/mol. The molecule has 0 aliphatic heterocycles. The molecule has 0 amide bonds. The van der Waals surface area contributed by atoms with E-state index in [1.54, 1.807) is 60.3 Å². The van der Waals surface area contributed by atoms with Crippen LogP contribution in [0.5, 0.6) is 23.1 Å². The maximum Gasteiger partial charge on any atom is 0.344 e. The number of aromatic nitrogens is 1. The molecular formula is C41H56BBr3ClN4O11. The lowest BCUT2D eigenvalue weighted by atomic mass is 10.2. The third-order valence-corrected chi connectivity index (χ3v) is 9.32. The summed E-state index contributed by atoms with van der Waals surface area (Å²) < 4.78 is 42.7. The van der Waals surface area contributed by atoms with Crippen molar-refractivity contribution in [3.8, 4) is 23.1 Å². The van der Waals surface area contributed by atoms with E-state index in [2.05, 4.69) is 62.5 Å². The molecule has 3 aromatic carbocycles. The predicted octanol–water partition coefficient (Wildman–Crippen LogP) is 4.61. The molecule has 0 aliphatic rings. The summed E-state index contributed by atoms with van der Waals surface area (Å²) in [5.41, 5.74) is 7.50. The van der Waals surface area contributed by atoms with Crippen molar-refractivity contribution in [2.75, 3.05) is 60.1 Å². The second-order valence-corrected chi connectivity index (χ2v) is 13.3. The minimum absolute atomic E-state index is 0. The van der Waals surface area contributed by atoms with Gasteiger partial charge in [-0.15, -0.1) is 0 Å². The Hall–Kier alpha value is -4.46. The van der Waals surface area contributed by atoms with Crippen LogP contribution in [0.15, 0.2) is 77.8 Å². The number of carbonyl (C=O) groups excluding carboxylic acids is 2. The minimum atomic E-state index is -0.362. The van der Waals surface area contributed by atoms with Gasteiger partial charge in [0.05, 0.1) is 79.0 Å². The van der Waals surface area contributed by atoms with E-state index < -0.39 is 0 Å². The van der Waals surface area contributed by atoms with Gasteiger partial charge in [0.2, 0.25) is 0 Å². The average Bonchev–Trinajstić information content (AvgIpc) is 3.18. The number of hydrogen-bond donors (Lipinski definition) is 3. The number of aromatic amines is 1. The molecule has 0 saturated heterocycles. The van der Waals surface area contributed by atoms with Crippen LogP contribution in [0.1, 0.15) is 54.9 Å². The number of nitrogens with zero attached hydrogens (tertiary/aromatic N) is 1. The number of benzene rings is 3. The number of fused-ring (bicyclic) bond motifs is 1. The van der Waals surface area contributed by atoms with Crippen LogP contribution < -0.4 is 47.9 Å². The van der Waals surface area contributed by atoms with Crippen LogP contribution in [-0.4, -0.2) is 91.5 Å². The lowest BCUT2D eigenvalue weighted by Crippen LogP contribution is -3.00. The van der Waals surface area contributed by atoms with Crippen molar-refractivity contribution in [1.82, 2.24) is 4.98 Å². The number of esters is 2. The third-order valence-electron chi connectivity index (χ3n) is 6.89. The first-order valence-electron chi connectivity index (χ1n) is 17.9. The van der Waals surface area contributed by atoms with Crippen LogP contribution in [0, 0.1) is 0 Å². The number of methoxy groups -OCH3 is 3. The molecule has 4 rings (SSSR count). The van der Waals surface area contributed by atoms with Crippen molar-refractivity contribution in [2.45, 2.75) is 54.9 Å². The van der Waals surface area contributed by atoms with Crippen LogP contribution in [0.3, 0.4) is 0 Å². The van der Waals surface area contributed by atoms with Crippen molar-refractivity contribution < 1.29 is 65.3 Å². The molecule has 61 heavy (non-hydrogen) atoms. The Morgan fingerprint density at radius 3 is 1.72 bits per heavy atom. The summed E-state index contributed by atoms with van der Waals surface area (Å²) >= 11 is 10.1. The summed E-state index contributed by atoms with van der Waals surface area (Å²) in [6.07, 6.45) is 0.0486. The first-order valence-corrected chi connectivity index (χ1v) is 20.3. The molecule has 0 saturated carbocycles. The molecule has 1 aromatic heterocycles. The summed E-state index contributed by atoms with van der Waals surface area (Å²) in [5, 5.41) is 5.91. The average molecular weight is 1070 g/mol. The van der Waals surface area contributed by atoms with Gasteiger partial charge in [0, 0.05) is 25.6 Å². The van der Waals surface area contributed by atoms with Gasteiger partial charge < -0.3 is 61.0 Å². The molecule has 0 atom stereocenters. The summed E-state index contributed by atoms with van der Waals surface area (Å²) in [5.74, 6) is 2.38. The molecule has 0 fully saturated rings. The maximum atomic E-state index is 11.9. The minimum Gasteiger partial charge on any atom is -1.00 e. The quantitative estimate of drug-likeness (QED) is 0.0521. The Kier molecular flexibility index (Phi) is 34.1. The highest BCUT2D eigenvalue weighted by Gasteiger charge is 2.13. The first kappa shape index (κ1) is 60.8. The first-order chi connectivity index (χ1) is 27.7. The molecule has 0 spiro atoms. The van der Waals surface area contributed by atoms with Gasteiger partial charge in [-0.05, 0) is 119 Å². The van der Waals surface area contributed by atoms with E-state index >= 15 is 0 Å². The lowest BCUT2D eigenvalue weighted by Gasteiger charge is -2.09. The summed E-state index contributed by atoms with van der Waals surface area (Å²) in [7, 11) is 4.77. The Labute approximate surface area is 391 Å². The number of pyridine rings is 1. The van der Waals surface area contributed by atoms with Crippen molar-refractivity contribution in [3.05, 3.63) is 78.2 Å². The Balaban J connectivity index is -0.000000750. The molecule has 0 bridgehead atoms. The van der Waals surface area contributed by atoms with Gasteiger partial charge in [-0.3, -0.25) is 14.4 Å². The van der Waals surface area contributed by atoms with E-state index in [-0.39, 0.29) is 64.4 Å². The predicted molar refractivity (Wildman–Crippen MR) is 248 cm³/mol. The van der Waals surface area contributed by atoms with Crippen molar-refractivity contribution in [1.29, 1.82) is 0 Å². The smallest absolute Gasteiger partial charge is 0.344 e. The zero-order chi connectivity index (χ0) is 43.6. The normalized spacial score (nSPS) is 9.72. The summed E-state index contributed by atoms with van der Waals surface area (Å²) in [4.78, 5) is 41.5. The number of halogens is 4. The number of nitrogens with one attached hydrogen (secondary N) is 1. The van der Waals surface area contributed by atoms with Crippen molar-refractivity contribution >= 4 is 102 Å².